The summed E-state index contributed by atoms with van der Waals surface area (Å²) in [5.74, 6) is 0.0981. The van der Waals surface area contributed by atoms with Gasteiger partial charge >= 0.3 is 0 Å². The average molecular weight is 296 g/mol. The molecule has 0 amide bonds. The molecule has 110 valence electrons. The Bertz CT molecular complexity index is 1030. The van der Waals surface area contributed by atoms with Crippen LogP contribution in [0.1, 0.15) is 16.7 Å². The van der Waals surface area contributed by atoms with Crippen molar-refractivity contribution in [1.82, 2.24) is 0 Å². The smallest absolute Gasteiger partial charge is 0.122 e. The molecule has 0 aliphatic heterocycles. The molecule has 0 spiro atoms. The lowest BCUT2D eigenvalue weighted by Crippen LogP contribution is -2.24. The summed E-state index contributed by atoms with van der Waals surface area (Å²) in [4.78, 5) is 0. The molecule has 2 nitrogen and oxygen atoms in total. The normalized spacial score (nSPS) is 12.4. The number of nitrogens with two attached hydrogens (primary N) is 1. The predicted molar refractivity (Wildman–Crippen MR) is 95.7 cm³/mol. The van der Waals surface area contributed by atoms with Gasteiger partial charge in [-0.25, -0.2) is 0 Å². The second-order valence-electron chi connectivity index (χ2n) is 5.72. The van der Waals surface area contributed by atoms with E-state index in [1.807, 2.05) is 24.3 Å². The molecule has 0 radical (unpaired) electrons. The molecule has 4 rings (SSSR count). The molecule has 0 atom stereocenters. The zero-order valence-corrected chi connectivity index (χ0v) is 12.6. The van der Waals surface area contributed by atoms with Crippen LogP contribution in [0.4, 0.5) is 0 Å². The van der Waals surface area contributed by atoms with E-state index in [9.17, 15) is 0 Å². The first-order chi connectivity index (χ1) is 11.2. The van der Waals surface area contributed by atoms with Crippen molar-refractivity contribution in [3.8, 4) is 11.1 Å². The quantitative estimate of drug-likeness (QED) is 0.433. The highest BCUT2D eigenvalue weighted by molar-refractivity contribution is 5.95. The number of hydrogen-bond acceptors (Lipinski definition) is 1. The Balaban J connectivity index is 1.87. The first-order valence-electron chi connectivity index (χ1n) is 7.59. The van der Waals surface area contributed by atoms with E-state index in [4.69, 9.17) is 11.1 Å². The van der Waals surface area contributed by atoms with Gasteiger partial charge in [-0.15, -0.1) is 0 Å². The number of amidine groups is 1. The molecule has 3 N–H and O–H groups in total. The summed E-state index contributed by atoms with van der Waals surface area (Å²) >= 11 is 0. The number of nitrogens with one attached hydrogen (secondary N) is 1. The average Bonchev–Trinajstić information content (AvgIpc) is 2.95. The van der Waals surface area contributed by atoms with Gasteiger partial charge in [-0.2, -0.15) is 0 Å². The van der Waals surface area contributed by atoms with Crippen molar-refractivity contribution in [1.29, 1.82) is 5.41 Å². The number of nitrogen functional groups attached to an aromatic ring is 1. The van der Waals surface area contributed by atoms with Gasteiger partial charge in [-0.1, -0.05) is 66.7 Å². The summed E-state index contributed by atoms with van der Waals surface area (Å²) in [5.41, 5.74) is 11.2. The van der Waals surface area contributed by atoms with Crippen LogP contribution < -0.4 is 16.2 Å². The van der Waals surface area contributed by atoms with Crippen LogP contribution in [0, 0.1) is 5.41 Å². The predicted octanol–water partition coefficient (Wildman–Crippen LogP) is 2.61. The van der Waals surface area contributed by atoms with Gasteiger partial charge in [0.1, 0.15) is 5.84 Å². The van der Waals surface area contributed by atoms with E-state index >= 15 is 0 Å². The topological polar surface area (TPSA) is 49.9 Å². The SMILES string of the molecule is N=C(N)c1ccc(C=c2cccc3c2=Cc2ccccc2-3)cc1. The number of hydrogen-bond donors (Lipinski definition) is 2. The van der Waals surface area contributed by atoms with E-state index in [1.165, 1.54) is 27.1 Å². The number of rotatable bonds is 2. The highest BCUT2D eigenvalue weighted by atomic mass is 14.7. The van der Waals surface area contributed by atoms with E-state index in [0.717, 1.165) is 11.1 Å². The van der Waals surface area contributed by atoms with Crippen molar-refractivity contribution in [3.63, 3.8) is 0 Å². The second-order valence-corrected chi connectivity index (χ2v) is 5.72. The van der Waals surface area contributed by atoms with Crippen LogP contribution >= 0.6 is 0 Å². The summed E-state index contributed by atoms with van der Waals surface area (Å²) in [6, 6.07) is 22.7. The molecule has 23 heavy (non-hydrogen) atoms. The lowest BCUT2D eigenvalue weighted by molar-refractivity contribution is 1.42. The van der Waals surface area contributed by atoms with Crippen LogP contribution in [-0.4, -0.2) is 5.84 Å². The zero-order valence-electron chi connectivity index (χ0n) is 12.6. The van der Waals surface area contributed by atoms with E-state index in [-0.39, 0.29) is 5.84 Å². The maximum absolute atomic E-state index is 7.46. The van der Waals surface area contributed by atoms with E-state index in [2.05, 4.69) is 54.6 Å². The van der Waals surface area contributed by atoms with Gasteiger partial charge in [-0.05, 0) is 44.8 Å². The zero-order chi connectivity index (χ0) is 15.8. The molecular weight excluding hydrogens is 280 g/mol. The summed E-state index contributed by atoms with van der Waals surface area (Å²) in [7, 11) is 0. The maximum atomic E-state index is 7.46. The standard InChI is InChI=1S/C21H16N2/c22-21(23)15-10-8-14(9-11-15)12-16-5-3-7-19-18-6-2-1-4-17(18)13-20(16)19/h1-13H,(H3,22,23). The summed E-state index contributed by atoms with van der Waals surface area (Å²) in [6.07, 6.45) is 4.42. The third-order valence-electron chi connectivity index (χ3n) is 4.23. The monoisotopic (exact) mass is 296 g/mol. The van der Waals surface area contributed by atoms with Crippen LogP contribution in [0.5, 0.6) is 0 Å². The minimum atomic E-state index is 0.0981. The molecule has 0 saturated heterocycles. The van der Waals surface area contributed by atoms with Crippen LogP contribution in [0.25, 0.3) is 23.3 Å². The number of benzene rings is 3. The summed E-state index contributed by atoms with van der Waals surface area (Å²) in [5, 5.41) is 9.94. The fourth-order valence-corrected chi connectivity index (χ4v) is 3.07. The van der Waals surface area contributed by atoms with Crippen LogP contribution in [0.2, 0.25) is 0 Å². The molecule has 0 unspecified atom stereocenters. The van der Waals surface area contributed by atoms with Crippen molar-refractivity contribution in [3.05, 3.63) is 93.9 Å². The van der Waals surface area contributed by atoms with Crippen LogP contribution in [0.15, 0.2) is 66.7 Å². The Labute approximate surface area is 134 Å². The van der Waals surface area contributed by atoms with Crippen molar-refractivity contribution in [2.45, 2.75) is 0 Å². The molecule has 2 heteroatoms. The minimum absolute atomic E-state index is 0.0981. The minimum Gasteiger partial charge on any atom is -0.384 e. The van der Waals surface area contributed by atoms with Gasteiger partial charge in [-0.3, -0.25) is 5.41 Å². The molecule has 0 fully saturated rings. The molecule has 0 saturated carbocycles. The summed E-state index contributed by atoms with van der Waals surface area (Å²) < 4.78 is 0. The van der Waals surface area contributed by atoms with Crippen molar-refractivity contribution in [2.75, 3.05) is 0 Å². The first kappa shape index (κ1) is 13.5. The van der Waals surface area contributed by atoms with Gasteiger partial charge < -0.3 is 5.73 Å². The first-order valence-corrected chi connectivity index (χ1v) is 7.59. The molecule has 0 heterocycles. The third-order valence-corrected chi connectivity index (χ3v) is 4.23. The lowest BCUT2D eigenvalue weighted by Gasteiger charge is -2.01. The fraction of sp³-hybridized carbons (Fsp3) is 0. The van der Waals surface area contributed by atoms with Crippen molar-refractivity contribution >= 4 is 18.0 Å². The Kier molecular flexibility index (Phi) is 3.09. The van der Waals surface area contributed by atoms with Gasteiger partial charge in [0.25, 0.3) is 0 Å². The molecule has 1 aliphatic rings. The van der Waals surface area contributed by atoms with E-state index in [0.29, 0.717) is 0 Å². The van der Waals surface area contributed by atoms with Gasteiger partial charge in [0.2, 0.25) is 0 Å². The lowest BCUT2D eigenvalue weighted by atomic mass is 10.0. The second kappa shape index (κ2) is 5.25. The Hall–Kier alpha value is -3.13. The molecule has 0 aromatic heterocycles. The van der Waals surface area contributed by atoms with Crippen molar-refractivity contribution < 1.29 is 0 Å². The Morgan fingerprint density at radius 2 is 1.57 bits per heavy atom. The molecular formula is C21H16N2. The molecule has 0 bridgehead atoms. The highest BCUT2D eigenvalue weighted by Gasteiger charge is 2.10. The maximum Gasteiger partial charge on any atom is 0.122 e. The molecule has 3 aromatic carbocycles. The Morgan fingerprint density at radius 1 is 0.826 bits per heavy atom. The van der Waals surface area contributed by atoms with Gasteiger partial charge in [0.15, 0.2) is 0 Å². The molecule has 3 aromatic rings. The number of fused-ring (bicyclic) bond motifs is 3. The largest absolute Gasteiger partial charge is 0.384 e. The fourth-order valence-electron chi connectivity index (χ4n) is 3.07. The Morgan fingerprint density at radius 3 is 2.35 bits per heavy atom. The van der Waals surface area contributed by atoms with Crippen molar-refractivity contribution in [2.24, 2.45) is 5.73 Å². The third kappa shape index (κ3) is 2.34. The van der Waals surface area contributed by atoms with E-state index < -0.39 is 0 Å². The highest BCUT2D eigenvalue weighted by Crippen LogP contribution is 2.24. The van der Waals surface area contributed by atoms with E-state index in [1.54, 1.807) is 0 Å². The van der Waals surface area contributed by atoms with Crippen LogP contribution in [0.3, 0.4) is 0 Å². The van der Waals surface area contributed by atoms with Crippen LogP contribution in [-0.2, 0) is 0 Å². The van der Waals surface area contributed by atoms with Gasteiger partial charge in [0.05, 0.1) is 0 Å². The summed E-state index contributed by atoms with van der Waals surface area (Å²) in [6.45, 7) is 0. The van der Waals surface area contributed by atoms with Gasteiger partial charge in [0, 0.05) is 5.56 Å². The molecule has 1 aliphatic carbocycles.